The standard InChI is InChI=1S/C11H12FNO2.C11H10N2O.C11H13NO2.C10H9N3O.C10H12N2O2.C9H11N3O2/c1-8-2-3-9(6-10(8)12)13-4-5-15-7-11(13)14;1-9-2-4-10(5-3-9)13-7-6-12-8-11(13)14;1-9-2-4-10(5-3-9)12-6-7-14-8-11(12)13;1-8-2-3-9(6-12-8)13-5-4-11-7-10(13)14;1-8-2-3-9(6-11-8)12-4-5-14-7-10(12)13;1-7-10-4-8(5-11-7)12-2-3-14-6-9(12)13/h2-3,6H,4-5,7H2,1H3;2-8H,1H3;2-5H,6-8H2,1H3;2-7H,1H3;2-3,6H,4-5,7H2,1H3;4-5H,2-3,6H2,1H3. The molecule has 4 saturated heterocycles. The summed E-state index contributed by atoms with van der Waals surface area (Å²) in [5, 5.41) is 0. The van der Waals surface area contributed by atoms with Crippen molar-refractivity contribution in [3.05, 3.63) is 213 Å². The molecule has 4 aliphatic rings. The Balaban J connectivity index is 0.000000146. The molecule has 0 spiro atoms. The molecule has 9 heterocycles. The van der Waals surface area contributed by atoms with E-state index in [-0.39, 0.29) is 67.0 Å². The summed E-state index contributed by atoms with van der Waals surface area (Å²) in [5.74, 6) is 0.302. The molecule has 85 heavy (non-hydrogen) atoms. The number of pyridine rings is 2. The Hall–Kier alpha value is -9.55. The number of hydrogen-bond acceptors (Lipinski definition) is 16. The molecule has 3 aromatic carbocycles. The fourth-order valence-electron chi connectivity index (χ4n) is 8.21. The molecule has 0 N–H and O–H groups in total. The summed E-state index contributed by atoms with van der Waals surface area (Å²) in [6.07, 6.45) is 15.7. The number of carbonyl (C=O) groups is 4. The zero-order valence-corrected chi connectivity index (χ0v) is 48.2. The largest absolute Gasteiger partial charge is 0.370 e. The molecule has 22 nitrogen and oxygen atoms in total. The summed E-state index contributed by atoms with van der Waals surface area (Å²) in [4.78, 5) is 99.1. The third-order valence-corrected chi connectivity index (χ3v) is 13.0. The molecular weight excluding hydrogens is 1090 g/mol. The lowest BCUT2D eigenvalue weighted by atomic mass is 10.2. The number of morpholine rings is 4. The molecular formula is C62H67FN12O10. The minimum absolute atomic E-state index is 0.00176. The average molecular weight is 1160 g/mol. The van der Waals surface area contributed by atoms with Crippen LogP contribution in [0.5, 0.6) is 0 Å². The maximum atomic E-state index is 13.3. The Morgan fingerprint density at radius 1 is 0.388 bits per heavy atom. The van der Waals surface area contributed by atoms with Gasteiger partial charge in [0, 0.05) is 79.4 Å². The minimum Gasteiger partial charge on any atom is -0.370 e. The van der Waals surface area contributed by atoms with Gasteiger partial charge in [-0.05, 0) is 108 Å². The van der Waals surface area contributed by atoms with Crippen molar-refractivity contribution < 1.29 is 42.5 Å². The molecule has 442 valence electrons. The van der Waals surface area contributed by atoms with Gasteiger partial charge < -0.3 is 38.5 Å². The van der Waals surface area contributed by atoms with E-state index in [1.807, 2.05) is 107 Å². The molecule has 0 bridgehead atoms. The van der Waals surface area contributed by atoms with Crippen LogP contribution in [0.4, 0.5) is 27.1 Å². The van der Waals surface area contributed by atoms with Gasteiger partial charge in [0.25, 0.3) is 34.7 Å². The number of anilines is 4. The molecule has 0 atom stereocenters. The first kappa shape index (κ1) is 63.0. The van der Waals surface area contributed by atoms with Crippen molar-refractivity contribution in [2.75, 3.05) is 98.6 Å². The van der Waals surface area contributed by atoms with Gasteiger partial charge in [0.1, 0.15) is 38.1 Å². The fraction of sp³-hybridized carbons (Fsp3) is 0.290. The Morgan fingerprint density at radius 3 is 1.16 bits per heavy atom. The van der Waals surface area contributed by atoms with Gasteiger partial charge >= 0.3 is 0 Å². The van der Waals surface area contributed by atoms with E-state index in [0.29, 0.717) is 69.7 Å². The summed E-state index contributed by atoms with van der Waals surface area (Å²) >= 11 is 0. The van der Waals surface area contributed by atoms with Crippen molar-refractivity contribution in [2.45, 2.75) is 41.5 Å². The first-order valence-corrected chi connectivity index (χ1v) is 27.2. The van der Waals surface area contributed by atoms with Crippen molar-refractivity contribution in [3.8, 4) is 11.4 Å². The number of halogens is 1. The van der Waals surface area contributed by atoms with E-state index < -0.39 is 0 Å². The lowest BCUT2D eigenvalue weighted by Crippen LogP contribution is -2.41. The third kappa shape index (κ3) is 19.0. The van der Waals surface area contributed by atoms with Gasteiger partial charge in [-0.2, -0.15) is 0 Å². The molecule has 4 fully saturated rings. The number of aromatic nitrogens is 8. The Labute approximate surface area is 491 Å². The number of benzene rings is 3. The maximum Gasteiger partial charge on any atom is 0.273 e. The van der Waals surface area contributed by atoms with E-state index in [0.717, 1.165) is 39.8 Å². The lowest BCUT2D eigenvalue weighted by Gasteiger charge is -2.26. The van der Waals surface area contributed by atoms with Crippen molar-refractivity contribution in [1.82, 2.24) is 39.0 Å². The Morgan fingerprint density at radius 2 is 0.753 bits per heavy atom. The van der Waals surface area contributed by atoms with Crippen LogP contribution in [0.2, 0.25) is 0 Å². The number of carbonyl (C=O) groups excluding carboxylic acids is 4. The highest BCUT2D eigenvalue weighted by molar-refractivity contribution is 5.96. The molecule has 0 unspecified atom stereocenters. The minimum atomic E-state index is -0.285. The van der Waals surface area contributed by atoms with Crippen molar-refractivity contribution in [2.24, 2.45) is 0 Å². The van der Waals surface area contributed by atoms with Crippen LogP contribution >= 0.6 is 0 Å². The first-order valence-electron chi connectivity index (χ1n) is 27.2. The van der Waals surface area contributed by atoms with Gasteiger partial charge in [-0.25, -0.2) is 14.4 Å². The lowest BCUT2D eigenvalue weighted by molar-refractivity contribution is -0.126. The summed E-state index contributed by atoms with van der Waals surface area (Å²) in [7, 11) is 0. The normalized spacial score (nSPS) is 14.8. The van der Waals surface area contributed by atoms with Crippen LogP contribution in [0.3, 0.4) is 0 Å². The Kier molecular flexibility index (Phi) is 23.6. The van der Waals surface area contributed by atoms with E-state index >= 15 is 0 Å². The van der Waals surface area contributed by atoms with Gasteiger partial charge in [-0.1, -0.05) is 41.5 Å². The maximum absolute atomic E-state index is 13.3. The van der Waals surface area contributed by atoms with Crippen LogP contribution in [0.15, 0.2) is 163 Å². The molecule has 5 aromatic heterocycles. The number of amides is 4. The van der Waals surface area contributed by atoms with Gasteiger partial charge in [-0.3, -0.25) is 57.8 Å². The predicted molar refractivity (Wildman–Crippen MR) is 318 cm³/mol. The van der Waals surface area contributed by atoms with Crippen LogP contribution in [-0.4, -0.2) is 142 Å². The van der Waals surface area contributed by atoms with Crippen molar-refractivity contribution in [3.63, 3.8) is 0 Å². The highest BCUT2D eigenvalue weighted by atomic mass is 19.1. The summed E-state index contributed by atoms with van der Waals surface area (Å²) in [6.45, 7) is 16.6. The van der Waals surface area contributed by atoms with Gasteiger partial charge in [0.2, 0.25) is 0 Å². The van der Waals surface area contributed by atoms with Crippen molar-refractivity contribution in [1.29, 1.82) is 0 Å². The number of ether oxygens (including phenoxy) is 4. The van der Waals surface area contributed by atoms with E-state index in [1.54, 1.807) is 92.8 Å². The van der Waals surface area contributed by atoms with E-state index in [4.69, 9.17) is 18.9 Å². The second-order valence-corrected chi connectivity index (χ2v) is 19.4. The first-order chi connectivity index (χ1) is 41.0. The number of hydrogen-bond donors (Lipinski definition) is 0. The second kappa shape index (κ2) is 31.8. The topological polar surface area (TPSA) is 240 Å². The average Bonchev–Trinajstić information content (AvgIpc) is 3.61. The molecule has 0 aliphatic carbocycles. The summed E-state index contributed by atoms with van der Waals surface area (Å²) in [5.41, 5.74) is 9.35. The van der Waals surface area contributed by atoms with Gasteiger partial charge in [-0.15, -0.1) is 0 Å². The van der Waals surface area contributed by atoms with Gasteiger partial charge in [0.15, 0.2) is 0 Å². The van der Waals surface area contributed by atoms with Crippen LogP contribution in [0.25, 0.3) is 11.4 Å². The van der Waals surface area contributed by atoms with Gasteiger partial charge in [0.05, 0.1) is 80.7 Å². The van der Waals surface area contributed by atoms with Crippen LogP contribution < -0.4 is 30.7 Å². The highest BCUT2D eigenvalue weighted by Gasteiger charge is 2.23. The zero-order valence-electron chi connectivity index (χ0n) is 48.2. The van der Waals surface area contributed by atoms with Crippen LogP contribution in [0.1, 0.15) is 33.9 Å². The fourth-order valence-corrected chi connectivity index (χ4v) is 8.21. The van der Waals surface area contributed by atoms with Crippen LogP contribution in [-0.2, 0) is 38.1 Å². The van der Waals surface area contributed by atoms with Crippen LogP contribution in [0, 0.1) is 47.4 Å². The predicted octanol–water partition coefficient (Wildman–Crippen LogP) is 6.23. The van der Waals surface area contributed by atoms with E-state index in [9.17, 15) is 33.2 Å². The monoisotopic (exact) mass is 1160 g/mol. The number of aryl methyl sites for hydroxylation is 6. The molecule has 4 amide bonds. The molecule has 4 aliphatic heterocycles. The highest BCUT2D eigenvalue weighted by Crippen LogP contribution is 2.21. The number of rotatable bonds is 6. The molecule has 0 saturated carbocycles. The zero-order chi connectivity index (χ0) is 60.7. The molecule has 12 rings (SSSR count). The second-order valence-electron chi connectivity index (χ2n) is 19.4. The molecule has 8 aromatic rings. The summed E-state index contributed by atoms with van der Waals surface area (Å²) < 4.78 is 36.5. The summed E-state index contributed by atoms with van der Waals surface area (Å²) in [6, 6.07) is 28.1. The molecule has 0 radical (unpaired) electrons. The SMILES string of the molecule is Cc1ccc(-n2ccncc2=O)cc1.Cc1ccc(-n2ccncc2=O)cn1.Cc1ccc(N2CCOCC2=O)cc1.Cc1ccc(N2CCOCC2=O)cc1F.Cc1ccc(N2CCOCC2=O)cn1.Cc1ncc(N2CCOCC2=O)cn1. The quantitative estimate of drug-likeness (QED) is 0.179. The molecule has 23 heteroatoms. The van der Waals surface area contributed by atoms with Crippen molar-refractivity contribution >= 4 is 46.4 Å². The smallest absolute Gasteiger partial charge is 0.273 e. The van der Waals surface area contributed by atoms with E-state index in [1.165, 1.54) is 34.2 Å². The third-order valence-electron chi connectivity index (χ3n) is 13.0. The Bertz CT molecular complexity index is 3330. The van der Waals surface area contributed by atoms with E-state index in [2.05, 4.69) is 29.9 Å². The number of nitrogens with zero attached hydrogens (tertiary/aromatic N) is 12.